The number of hydrogen-bond donors (Lipinski definition) is 1. The third-order valence-electron chi connectivity index (χ3n) is 5.89. The lowest BCUT2D eigenvalue weighted by molar-refractivity contribution is -0.147. The van der Waals surface area contributed by atoms with Crippen molar-refractivity contribution in [1.82, 2.24) is 19.3 Å². The fourth-order valence-corrected chi connectivity index (χ4v) is 5.40. The van der Waals surface area contributed by atoms with Crippen LogP contribution in [0.15, 0.2) is 35.5 Å². The molecule has 33 heavy (non-hydrogen) atoms. The summed E-state index contributed by atoms with van der Waals surface area (Å²) >= 11 is 0. The minimum atomic E-state index is -4.71. The van der Waals surface area contributed by atoms with Gasteiger partial charge in [-0.05, 0) is 50.5 Å². The summed E-state index contributed by atoms with van der Waals surface area (Å²) in [5.41, 5.74) is 2.85. The molecule has 11 heteroatoms. The van der Waals surface area contributed by atoms with E-state index in [0.29, 0.717) is 28.0 Å². The molecule has 0 bridgehead atoms. The molecule has 0 spiro atoms. The lowest BCUT2D eigenvalue weighted by atomic mass is 10.1. The maximum atomic E-state index is 12.8. The number of rotatable bonds is 5. The quantitative estimate of drug-likeness (QED) is 0.578. The van der Waals surface area contributed by atoms with Crippen LogP contribution in [0.25, 0.3) is 22.4 Å². The molecule has 174 valence electrons. The van der Waals surface area contributed by atoms with Crippen molar-refractivity contribution >= 4 is 21.1 Å². The van der Waals surface area contributed by atoms with Crippen LogP contribution in [0.2, 0.25) is 0 Å². The minimum Gasteiger partial charge on any atom is -0.320 e. The molecule has 1 fully saturated rings. The van der Waals surface area contributed by atoms with Crippen LogP contribution in [0.3, 0.4) is 0 Å². The molecular weight excluding hydrogens is 455 g/mol. The Morgan fingerprint density at radius 2 is 1.91 bits per heavy atom. The maximum absolute atomic E-state index is 12.8. The van der Waals surface area contributed by atoms with Crippen LogP contribution in [0, 0.1) is 18.3 Å². The highest BCUT2D eigenvalue weighted by Crippen LogP contribution is 2.40. The Kier molecular flexibility index (Phi) is 5.92. The lowest BCUT2D eigenvalue weighted by Crippen LogP contribution is -2.42. The van der Waals surface area contributed by atoms with Crippen LogP contribution in [-0.2, 0) is 10.0 Å². The highest BCUT2D eigenvalue weighted by Gasteiger charge is 2.39. The Labute approximate surface area is 189 Å². The Morgan fingerprint density at radius 3 is 2.48 bits per heavy atom. The number of alkyl halides is 3. The molecule has 1 aliphatic rings. The van der Waals surface area contributed by atoms with E-state index < -0.39 is 27.1 Å². The first-order chi connectivity index (χ1) is 15.5. The van der Waals surface area contributed by atoms with Gasteiger partial charge >= 0.3 is 6.18 Å². The monoisotopic (exact) mass is 477 g/mol. The highest BCUT2D eigenvalue weighted by molar-refractivity contribution is 7.89. The summed E-state index contributed by atoms with van der Waals surface area (Å²) in [6, 6.07) is 4.62. The minimum absolute atomic E-state index is 0.124. The number of halogens is 3. The zero-order valence-electron chi connectivity index (χ0n) is 18.0. The fraction of sp³-hybridized carbons (Fsp3) is 0.409. The summed E-state index contributed by atoms with van der Waals surface area (Å²) < 4.78 is 66.8. The molecule has 0 aliphatic heterocycles. The van der Waals surface area contributed by atoms with E-state index in [9.17, 15) is 26.9 Å². The van der Waals surface area contributed by atoms with E-state index in [1.165, 1.54) is 12.1 Å². The third-order valence-corrected chi connectivity index (χ3v) is 7.42. The normalized spacial score (nSPS) is 16.2. The van der Waals surface area contributed by atoms with Gasteiger partial charge in [0.1, 0.15) is 22.7 Å². The van der Waals surface area contributed by atoms with Gasteiger partial charge in [-0.15, -0.1) is 0 Å². The average Bonchev–Trinajstić information content (AvgIpc) is 3.38. The van der Waals surface area contributed by atoms with Gasteiger partial charge in [0.05, 0.1) is 17.0 Å². The van der Waals surface area contributed by atoms with E-state index in [-0.39, 0.29) is 6.04 Å². The van der Waals surface area contributed by atoms with Crippen molar-refractivity contribution in [3.05, 3.63) is 41.7 Å². The van der Waals surface area contributed by atoms with Gasteiger partial charge in [-0.3, -0.25) is 4.98 Å². The molecule has 1 unspecified atom stereocenters. The SMILES string of the molecule is Cc1cnc2c(c1)c(C#N)c(-c1ccc(S(=O)(=O)NC(C)C(F)(F)F)cn1)n2C1CCCC1. The zero-order valence-corrected chi connectivity index (χ0v) is 18.8. The smallest absolute Gasteiger partial charge is 0.320 e. The molecule has 0 aromatic carbocycles. The molecule has 0 saturated heterocycles. The first kappa shape index (κ1) is 23.2. The Balaban J connectivity index is 1.81. The molecule has 4 rings (SSSR count). The lowest BCUT2D eigenvalue weighted by Gasteiger charge is -2.18. The van der Waals surface area contributed by atoms with Crippen molar-refractivity contribution in [2.24, 2.45) is 0 Å². The first-order valence-electron chi connectivity index (χ1n) is 10.5. The number of nitriles is 1. The first-order valence-corrected chi connectivity index (χ1v) is 12.0. The Bertz CT molecular complexity index is 1340. The van der Waals surface area contributed by atoms with Crippen molar-refractivity contribution in [1.29, 1.82) is 5.26 Å². The van der Waals surface area contributed by atoms with Crippen molar-refractivity contribution in [3.8, 4) is 17.5 Å². The van der Waals surface area contributed by atoms with Crippen LogP contribution in [0.4, 0.5) is 13.2 Å². The molecule has 3 aromatic heterocycles. The Hall–Kier alpha value is -2.97. The van der Waals surface area contributed by atoms with Crippen molar-refractivity contribution in [3.63, 3.8) is 0 Å². The molecule has 3 heterocycles. The summed E-state index contributed by atoms with van der Waals surface area (Å²) in [5.74, 6) is 0. The van der Waals surface area contributed by atoms with E-state index in [0.717, 1.165) is 44.4 Å². The fourth-order valence-electron chi connectivity index (χ4n) is 4.22. The number of sulfonamides is 1. The van der Waals surface area contributed by atoms with E-state index >= 15 is 0 Å². The largest absolute Gasteiger partial charge is 0.404 e. The van der Waals surface area contributed by atoms with Crippen molar-refractivity contribution in [2.75, 3.05) is 0 Å². The number of pyridine rings is 2. The second-order valence-corrected chi connectivity index (χ2v) is 10.0. The molecule has 0 amide bonds. The molecule has 0 radical (unpaired) electrons. The average molecular weight is 478 g/mol. The standard InChI is InChI=1S/C22H22F3N5O2S/c1-13-9-17-18(10-26)20(30(21(17)28-11-13)15-5-3-4-6-15)19-8-7-16(12-27-19)33(31,32)29-14(2)22(23,24)25/h7-9,11-12,14-15,29H,3-6H2,1-2H3. The predicted molar refractivity (Wildman–Crippen MR) is 116 cm³/mol. The molecule has 1 N–H and O–H groups in total. The van der Waals surface area contributed by atoms with E-state index in [4.69, 9.17) is 0 Å². The number of hydrogen-bond acceptors (Lipinski definition) is 5. The van der Waals surface area contributed by atoms with Gasteiger partial charge in [-0.1, -0.05) is 12.8 Å². The van der Waals surface area contributed by atoms with Gasteiger partial charge in [0.15, 0.2) is 0 Å². The van der Waals surface area contributed by atoms with Gasteiger partial charge < -0.3 is 4.57 Å². The predicted octanol–water partition coefficient (Wildman–Crippen LogP) is 4.62. The molecule has 3 aromatic rings. The molecule has 7 nitrogen and oxygen atoms in total. The van der Waals surface area contributed by atoms with Crippen LogP contribution in [0.5, 0.6) is 0 Å². The molecule has 1 atom stereocenters. The summed E-state index contributed by atoms with van der Waals surface area (Å²) in [7, 11) is -4.43. The number of aryl methyl sites for hydroxylation is 1. The number of nitrogens with one attached hydrogen (secondary N) is 1. The van der Waals surface area contributed by atoms with Gasteiger partial charge in [-0.25, -0.2) is 13.4 Å². The van der Waals surface area contributed by atoms with Crippen LogP contribution >= 0.6 is 0 Å². The molecular formula is C22H22F3N5O2S. The molecule has 1 saturated carbocycles. The summed E-state index contributed by atoms with van der Waals surface area (Å²) in [4.78, 5) is 8.42. The summed E-state index contributed by atoms with van der Waals surface area (Å²) in [5, 5.41) is 10.6. The zero-order chi connectivity index (χ0) is 24.0. The van der Waals surface area contributed by atoms with Crippen molar-refractivity contribution < 1.29 is 21.6 Å². The Morgan fingerprint density at radius 1 is 1.21 bits per heavy atom. The molecule has 1 aliphatic carbocycles. The van der Waals surface area contributed by atoms with Crippen LogP contribution in [-0.4, -0.2) is 35.2 Å². The maximum Gasteiger partial charge on any atom is 0.404 e. The van der Waals surface area contributed by atoms with Gasteiger partial charge in [0.25, 0.3) is 0 Å². The van der Waals surface area contributed by atoms with Crippen molar-refractivity contribution in [2.45, 2.75) is 62.7 Å². The van der Waals surface area contributed by atoms with Gasteiger partial charge in [0.2, 0.25) is 10.0 Å². The van der Waals surface area contributed by atoms with Gasteiger partial charge in [-0.2, -0.15) is 23.2 Å². The third kappa shape index (κ3) is 4.32. The van der Waals surface area contributed by atoms with Crippen LogP contribution < -0.4 is 4.72 Å². The number of fused-ring (bicyclic) bond motifs is 1. The van der Waals surface area contributed by atoms with Gasteiger partial charge in [0, 0.05) is 23.8 Å². The summed E-state index contributed by atoms with van der Waals surface area (Å²) in [6.45, 7) is 2.61. The van der Waals surface area contributed by atoms with E-state index in [1.807, 2.05) is 17.6 Å². The van der Waals surface area contributed by atoms with E-state index in [2.05, 4.69) is 16.0 Å². The second kappa shape index (κ2) is 8.43. The number of aromatic nitrogens is 3. The van der Waals surface area contributed by atoms with E-state index in [1.54, 1.807) is 10.9 Å². The number of nitrogens with zero attached hydrogens (tertiary/aromatic N) is 4. The topological polar surface area (TPSA) is 101 Å². The summed E-state index contributed by atoms with van der Waals surface area (Å²) in [6.07, 6.45) is 1.96. The van der Waals surface area contributed by atoms with Crippen LogP contribution in [0.1, 0.15) is 49.8 Å². The highest BCUT2D eigenvalue weighted by atomic mass is 32.2. The second-order valence-electron chi connectivity index (χ2n) is 8.29.